The van der Waals surface area contributed by atoms with Gasteiger partial charge in [-0.3, -0.25) is 14.3 Å². The molecule has 2 aromatic rings. The van der Waals surface area contributed by atoms with Gasteiger partial charge in [0.05, 0.1) is 12.6 Å². The fourth-order valence-corrected chi connectivity index (χ4v) is 2.19. The number of aliphatic hydroxyl groups excluding tert-OH is 1. The van der Waals surface area contributed by atoms with Gasteiger partial charge in [0.2, 0.25) is 5.95 Å². The Morgan fingerprint density at radius 1 is 1.43 bits per heavy atom. The number of H-pyrrole nitrogens is 1. The standard InChI is InChI=1S/C13H21N5O3/c1-4-5-6-14-12-15-10-9(18(12)7-8(2)19)11(20)16-13(21)17(10)3/h8,19H,4-7H2,1-3H3,(H,14,15)(H,16,20,21)/t8-/m1/s1. The van der Waals surface area contributed by atoms with Crippen molar-refractivity contribution in [2.45, 2.75) is 39.3 Å². The molecule has 0 unspecified atom stereocenters. The van der Waals surface area contributed by atoms with E-state index in [9.17, 15) is 14.7 Å². The van der Waals surface area contributed by atoms with Crippen molar-refractivity contribution in [2.24, 2.45) is 7.05 Å². The average Bonchev–Trinajstić information content (AvgIpc) is 2.75. The summed E-state index contributed by atoms with van der Waals surface area (Å²) in [5, 5.41) is 12.8. The van der Waals surface area contributed by atoms with E-state index in [0.29, 0.717) is 18.1 Å². The molecule has 8 nitrogen and oxygen atoms in total. The van der Waals surface area contributed by atoms with Crippen LogP contribution in [-0.4, -0.2) is 36.9 Å². The van der Waals surface area contributed by atoms with E-state index in [4.69, 9.17) is 0 Å². The van der Waals surface area contributed by atoms with Crippen molar-refractivity contribution in [3.05, 3.63) is 20.8 Å². The van der Waals surface area contributed by atoms with Crippen molar-refractivity contribution < 1.29 is 5.11 Å². The maximum absolute atomic E-state index is 12.1. The lowest BCUT2D eigenvalue weighted by atomic mass is 10.3. The van der Waals surface area contributed by atoms with E-state index < -0.39 is 17.4 Å². The molecule has 0 amide bonds. The number of rotatable bonds is 6. The molecule has 0 radical (unpaired) electrons. The number of aliphatic hydroxyl groups is 1. The van der Waals surface area contributed by atoms with Crippen LogP contribution in [0.4, 0.5) is 5.95 Å². The van der Waals surface area contributed by atoms with Gasteiger partial charge in [-0.25, -0.2) is 4.79 Å². The van der Waals surface area contributed by atoms with Crippen LogP contribution in [0.3, 0.4) is 0 Å². The van der Waals surface area contributed by atoms with Crippen LogP contribution in [0.1, 0.15) is 26.7 Å². The largest absolute Gasteiger partial charge is 0.392 e. The van der Waals surface area contributed by atoms with Gasteiger partial charge >= 0.3 is 5.69 Å². The van der Waals surface area contributed by atoms with Gasteiger partial charge < -0.3 is 15.0 Å². The average molecular weight is 295 g/mol. The molecule has 0 saturated carbocycles. The minimum atomic E-state index is -0.634. The van der Waals surface area contributed by atoms with Crippen molar-refractivity contribution in [3.8, 4) is 0 Å². The Morgan fingerprint density at radius 3 is 2.76 bits per heavy atom. The zero-order chi connectivity index (χ0) is 15.6. The lowest BCUT2D eigenvalue weighted by Gasteiger charge is -2.11. The second-order valence-corrected chi connectivity index (χ2v) is 5.17. The molecule has 1 atom stereocenters. The highest BCUT2D eigenvalue weighted by Gasteiger charge is 2.17. The van der Waals surface area contributed by atoms with Crippen LogP contribution in [0.2, 0.25) is 0 Å². The van der Waals surface area contributed by atoms with Gasteiger partial charge in [-0.2, -0.15) is 4.98 Å². The summed E-state index contributed by atoms with van der Waals surface area (Å²) in [6.07, 6.45) is 1.36. The Bertz CT molecular complexity index is 741. The van der Waals surface area contributed by atoms with Crippen LogP contribution >= 0.6 is 0 Å². The number of nitrogens with one attached hydrogen (secondary N) is 2. The third-order valence-corrected chi connectivity index (χ3v) is 3.27. The lowest BCUT2D eigenvalue weighted by molar-refractivity contribution is 0.175. The Hall–Kier alpha value is -2.09. The van der Waals surface area contributed by atoms with Gasteiger partial charge in [-0.15, -0.1) is 0 Å². The molecule has 0 aliphatic carbocycles. The monoisotopic (exact) mass is 295 g/mol. The summed E-state index contributed by atoms with van der Waals surface area (Å²) in [7, 11) is 1.55. The van der Waals surface area contributed by atoms with Crippen molar-refractivity contribution in [1.29, 1.82) is 0 Å². The van der Waals surface area contributed by atoms with E-state index in [1.54, 1.807) is 18.5 Å². The smallest absolute Gasteiger partial charge is 0.329 e. The Balaban J connectivity index is 2.61. The zero-order valence-electron chi connectivity index (χ0n) is 12.5. The molecule has 0 aliphatic heterocycles. The zero-order valence-corrected chi connectivity index (χ0v) is 12.5. The molecule has 8 heteroatoms. The molecule has 2 aromatic heterocycles. The van der Waals surface area contributed by atoms with E-state index in [1.165, 1.54) is 4.57 Å². The van der Waals surface area contributed by atoms with Crippen molar-refractivity contribution in [3.63, 3.8) is 0 Å². The third kappa shape index (κ3) is 2.99. The minimum absolute atomic E-state index is 0.228. The van der Waals surface area contributed by atoms with Gasteiger partial charge in [-0.05, 0) is 13.3 Å². The van der Waals surface area contributed by atoms with Crippen molar-refractivity contribution >= 4 is 17.1 Å². The number of unbranched alkanes of at least 4 members (excludes halogenated alkanes) is 1. The number of hydrogen-bond donors (Lipinski definition) is 3. The van der Waals surface area contributed by atoms with E-state index in [1.807, 2.05) is 0 Å². The second-order valence-electron chi connectivity index (χ2n) is 5.17. The molecule has 0 fully saturated rings. The molecular weight excluding hydrogens is 274 g/mol. The highest BCUT2D eigenvalue weighted by Crippen LogP contribution is 2.16. The number of imidazole rings is 1. The number of aromatic amines is 1. The summed E-state index contributed by atoms with van der Waals surface area (Å²) in [6.45, 7) is 4.66. The molecule has 2 heterocycles. The van der Waals surface area contributed by atoms with E-state index in [2.05, 4.69) is 22.2 Å². The summed E-state index contributed by atoms with van der Waals surface area (Å²) < 4.78 is 2.91. The second kappa shape index (κ2) is 6.13. The first-order chi connectivity index (χ1) is 9.95. The molecule has 0 aliphatic rings. The molecule has 116 valence electrons. The number of aromatic nitrogens is 4. The van der Waals surface area contributed by atoms with Crippen LogP contribution in [0, 0.1) is 0 Å². The Morgan fingerprint density at radius 2 is 2.14 bits per heavy atom. The summed E-state index contributed by atoms with van der Waals surface area (Å²) >= 11 is 0. The predicted molar refractivity (Wildman–Crippen MR) is 80.7 cm³/mol. The summed E-state index contributed by atoms with van der Waals surface area (Å²) in [5.41, 5.74) is -0.403. The highest BCUT2D eigenvalue weighted by molar-refractivity contribution is 5.74. The summed E-state index contributed by atoms with van der Waals surface area (Å²) in [5.74, 6) is 0.492. The predicted octanol–water partition coefficient (Wildman–Crippen LogP) is 0.0161. The normalized spacial score (nSPS) is 12.8. The van der Waals surface area contributed by atoms with Gasteiger partial charge in [0.25, 0.3) is 5.56 Å². The van der Waals surface area contributed by atoms with Crippen LogP contribution < -0.4 is 16.6 Å². The van der Waals surface area contributed by atoms with Gasteiger partial charge in [-0.1, -0.05) is 13.3 Å². The van der Waals surface area contributed by atoms with E-state index in [0.717, 1.165) is 12.8 Å². The van der Waals surface area contributed by atoms with Gasteiger partial charge in [0, 0.05) is 13.6 Å². The number of fused-ring (bicyclic) bond motifs is 1. The number of aryl methyl sites for hydroxylation is 1. The topological polar surface area (TPSA) is 105 Å². The van der Waals surface area contributed by atoms with Gasteiger partial charge in [0.15, 0.2) is 11.2 Å². The van der Waals surface area contributed by atoms with Gasteiger partial charge in [0.1, 0.15) is 0 Å². The van der Waals surface area contributed by atoms with E-state index >= 15 is 0 Å². The molecule has 3 N–H and O–H groups in total. The maximum Gasteiger partial charge on any atom is 0.329 e. The molecule has 0 aromatic carbocycles. The molecule has 2 rings (SSSR count). The summed E-state index contributed by atoms with van der Waals surface area (Å²) in [4.78, 5) is 30.3. The van der Waals surface area contributed by atoms with Crippen LogP contribution in [0.15, 0.2) is 9.59 Å². The lowest BCUT2D eigenvalue weighted by Crippen LogP contribution is -2.29. The molecule has 0 saturated heterocycles. The summed E-state index contributed by atoms with van der Waals surface area (Å²) in [6, 6.07) is 0. The quantitative estimate of drug-likeness (QED) is 0.651. The molecule has 21 heavy (non-hydrogen) atoms. The first-order valence-corrected chi connectivity index (χ1v) is 7.07. The Labute approximate surface area is 121 Å². The van der Waals surface area contributed by atoms with E-state index in [-0.39, 0.29) is 12.1 Å². The SMILES string of the molecule is CCCCNc1nc2c(c(=O)[nH]c(=O)n2C)n1C[C@@H](C)O. The van der Waals surface area contributed by atoms with Crippen LogP contribution in [0.5, 0.6) is 0 Å². The fraction of sp³-hybridized carbons (Fsp3) is 0.615. The maximum atomic E-state index is 12.1. The first-order valence-electron chi connectivity index (χ1n) is 7.07. The fourth-order valence-electron chi connectivity index (χ4n) is 2.19. The first kappa shape index (κ1) is 15.3. The van der Waals surface area contributed by atoms with Crippen molar-refractivity contribution in [2.75, 3.05) is 11.9 Å². The Kier molecular flexibility index (Phi) is 4.46. The molecule has 0 bridgehead atoms. The minimum Gasteiger partial charge on any atom is -0.392 e. The molecule has 0 spiro atoms. The van der Waals surface area contributed by atoms with Crippen molar-refractivity contribution in [1.82, 2.24) is 19.1 Å². The number of nitrogens with zero attached hydrogens (tertiary/aromatic N) is 3. The number of hydrogen-bond acceptors (Lipinski definition) is 5. The van der Waals surface area contributed by atoms with Crippen LogP contribution in [0.25, 0.3) is 11.2 Å². The highest BCUT2D eigenvalue weighted by atomic mass is 16.3. The third-order valence-electron chi connectivity index (χ3n) is 3.27. The molecular formula is C13H21N5O3. The number of anilines is 1. The van der Waals surface area contributed by atoms with Crippen LogP contribution in [-0.2, 0) is 13.6 Å².